The van der Waals surface area contributed by atoms with Crippen molar-refractivity contribution >= 4 is 175 Å². The lowest BCUT2D eigenvalue weighted by atomic mass is 9.79. The summed E-state index contributed by atoms with van der Waals surface area (Å²) >= 11 is 10.1. The minimum atomic E-state index is -0.404. The van der Waals surface area contributed by atoms with Gasteiger partial charge in [-0.25, -0.2) is 19.9 Å². The minimum Gasteiger partial charge on any atom is -0.456 e. The molecule has 1 saturated heterocycles. The Bertz CT molecular complexity index is 8360. The van der Waals surface area contributed by atoms with Gasteiger partial charge < -0.3 is 27.3 Å². The number of benzene rings is 16. The predicted octanol–water partition coefficient (Wildman–Crippen LogP) is 28.8. The van der Waals surface area contributed by atoms with Crippen LogP contribution >= 0.6 is 34.3 Å². The van der Waals surface area contributed by atoms with Gasteiger partial charge in [0.25, 0.3) is 0 Å². The van der Waals surface area contributed by atoms with Crippen LogP contribution in [0.3, 0.4) is 0 Å². The van der Waals surface area contributed by atoms with Crippen molar-refractivity contribution in [1.82, 2.24) is 39.0 Å². The van der Waals surface area contributed by atoms with E-state index in [4.69, 9.17) is 49.7 Å². The van der Waals surface area contributed by atoms with E-state index in [1.165, 1.54) is 62.6 Å². The van der Waals surface area contributed by atoms with Gasteiger partial charge in [0.2, 0.25) is 5.28 Å². The van der Waals surface area contributed by atoms with Crippen molar-refractivity contribution in [3.05, 3.63) is 369 Å². The zero-order valence-corrected chi connectivity index (χ0v) is 70.0. The summed E-state index contributed by atoms with van der Waals surface area (Å²) < 4.78 is 35.2. The third-order valence-corrected chi connectivity index (χ3v) is 27.0. The maximum atomic E-state index is 6.55. The van der Waals surface area contributed by atoms with Gasteiger partial charge in [-0.05, 0) is 170 Å². The summed E-state index contributed by atoms with van der Waals surface area (Å²) in [6.07, 6.45) is 0. The molecule has 0 saturated carbocycles. The summed E-state index contributed by atoms with van der Waals surface area (Å²) in [4.78, 5) is 29.1. The summed E-state index contributed by atoms with van der Waals surface area (Å²) in [5.74, 6) is 2.94. The smallest absolute Gasteiger partial charge is 0.456 e. The Hall–Kier alpha value is -14.5. The highest BCUT2D eigenvalue weighted by atomic mass is 35.5. The molecule has 16 aromatic carbocycles. The fourth-order valence-corrected chi connectivity index (χ4v) is 20.4. The van der Waals surface area contributed by atoms with Crippen LogP contribution in [-0.2, 0) is 9.31 Å². The van der Waals surface area contributed by atoms with Crippen LogP contribution in [0.4, 0.5) is 0 Å². The molecule has 16 heteroatoms. The number of para-hydroxylation sites is 4. The maximum Gasteiger partial charge on any atom is 0.494 e. The van der Waals surface area contributed by atoms with E-state index in [0.717, 1.165) is 132 Å². The highest BCUT2D eigenvalue weighted by Crippen LogP contribution is 2.47. The molecule has 0 atom stereocenters. The second-order valence-electron chi connectivity index (χ2n) is 32.3. The first-order chi connectivity index (χ1) is 60.8. The van der Waals surface area contributed by atoms with Gasteiger partial charge in [0.1, 0.15) is 22.3 Å². The zero-order valence-electron chi connectivity index (χ0n) is 67.6. The van der Waals surface area contributed by atoms with Crippen molar-refractivity contribution in [2.24, 2.45) is 0 Å². The normalized spacial score (nSPS) is 13.2. The van der Waals surface area contributed by atoms with E-state index in [9.17, 15) is 0 Å². The second kappa shape index (κ2) is 30.0. The quantitative estimate of drug-likeness (QED) is 0.122. The first-order valence-electron chi connectivity index (χ1n) is 41.4. The van der Waals surface area contributed by atoms with E-state index < -0.39 is 7.12 Å². The summed E-state index contributed by atoms with van der Waals surface area (Å²) in [6, 6.07) is 127. The predicted molar refractivity (Wildman–Crippen MR) is 514 cm³/mol. The molecule has 12 nitrogen and oxygen atoms in total. The monoisotopic (exact) mass is 1650 g/mol. The molecule has 0 unspecified atom stereocenters. The molecule has 0 bridgehead atoms. The molecule has 1 aliphatic heterocycles. The van der Waals surface area contributed by atoms with Crippen LogP contribution in [0.15, 0.2) is 373 Å². The Balaban J connectivity index is 0.000000114. The molecule has 0 aliphatic carbocycles. The lowest BCUT2D eigenvalue weighted by Crippen LogP contribution is -2.41. The van der Waals surface area contributed by atoms with Gasteiger partial charge >= 0.3 is 7.12 Å². The molecule has 0 amide bonds. The summed E-state index contributed by atoms with van der Waals surface area (Å²) in [6.45, 7) is 8.30. The molecule has 8 aromatic heterocycles. The molecule has 25 rings (SSSR count). The van der Waals surface area contributed by atoms with E-state index in [1.54, 1.807) is 0 Å². The first kappa shape index (κ1) is 74.5. The first-order valence-corrected chi connectivity index (χ1v) is 43.4. The fourth-order valence-electron chi connectivity index (χ4n) is 17.8. The Morgan fingerprint density at radius 3 is 1.15 bits per heavy atom. The van der Waals surface area contributed by atoms with E-state index in [0.29, 0.717) is 29.1 Å². The Labute approximate surface area is 725 Å². The molecule has 124 heavy (non-hydrogen) atoms. The topological polar surface area (TPSA) is 132 Å². The zero-order chi connectivity index (χ0) is 82.9. The average molecular weight is 1660 g/mol. The molecule has 0 N–H and O–H groups in total. The number of hydrogen-bond donors (Lipinski definition) is 0. The number of rotatable bonds is 10. The highest BCUT2D eigenvalue weighted by Gasteiger charge is 2.52. The SMILES string of the molecule is CC1(C)OB(c2ccc3c(c2)oc2ccc(-c4cccc5c4sc4ccccc45)cc23)OC1(C)C.Clc1nc(-c2ccccc2)nc(-c2cccc3c2c2ccccc2n3-c2ccccc2)n1.c1ccc(-c2nc(-c3ccc4c(c3)oc3ccc(-c5cccc6c5sc5ccccc56)cc34)nc(-c3cccc4c3c3ccccc3n4-c3ccccc3)n2)cc1. The van der Waals surface area contributed by atoms with E-state index >= 15 is 0 Å². The molecule has 9 heterocycles. The van der Waals surface area contributed by atoms with Crippen molar-refractivity contribution in [3.8, 4) is 90.6 Å². The van der Waals surface area contributed by atoms with Gasteiger partial charge in [0.05, 0.1) is 33.3 Å². The molecule has 1 aliphatic rings. The lowest BCUT2D eigenvalue weighted by Gasteiger charge is -2.32. The summed E-state index contributed by atoms with van der Waals surface area (Å²) in [5, 5.41) is 14.2. The average Bonchev–Trinajstić information content (AvgIpc) is 1.60. The van der Waals surface area contributed by atoms with E-state index in [-0.39, 0.29) is 16.5 Å². The van der Waals surface area contributed by atoms with Crippen LogP contribution in [-0.4, -0.2) is 57.4 Å². The molecule has 0 spiro atoms. The molecule has 590 valence electrons. The van der Waals surface area contributed by atoms with Gasteiger partial charge in [0.15, 0.2) is 29.1 Å². The van der Waals surface area contributed by atoms with E-state index in [1.807, 2.05) is 108 Å². The Morgan fingerprint density at radius 1 is 0.274 bits per heavy atom. The van der Waals surface area contributed by atoms with Gasteiger partial charge in [-0.15, -0.1) is 22.7 Å². The van der Waals surface area contributed by atoms with Crippen molar-refractivity contribution < 1.29 is 18.1 Å². The van der Waals surface area contributed by atoms with Gasteiger partial charge in [-0.2, -0.15) is 9.97 Å². The lowest BCUT2D eigenvalue weighted by molar-refractivity contribution is 0.00578. The van der Waals surface area contributed by atoms with Crippen molar-refractivity contribution in [1.29, 1.82) is 0 Å². The van der Waals surface area contributed by atoms with E-state index in [2.05, 4.69) is 326 Å². The third kappa shape index (κ3) is 12.8. The molecular formula is C108H72BClN8O4S2. The third-order valence-electron chi connectivity index (χ3n) is 24.4. The van der Waals surface area contributed by atoms with Crippen LogP contribution in [0.1, 0.15) is 27.7 Å². The molecular weight excluding hydrogens is 1580 g/mol. The summed E-state index contributed by atoms with van der Waals surface area (Å²) in [7, 11) is -0.404. The van der Waals surface area contributed by atoms with Gasteiger partial charge in [-0.3, -0.25) is 0 Å². The van der Waals surface area contributed by atoms with Crippen LogP contribution in [0.2, 0.25) is 5.28 Å². The minimum absolute atomic E-state index is 0.178. The standard InChI is InChI=1S/C51H30N4OS.C30H25BO3S.C27H17ClN4/c1-3-13-31(14-4-1)49-52-50(54-51(53-49)40-21-12-23-43-47(40)39-18-7-9-22-42(39)55(43)34-15-5-2-6-16-34)33-25-27-36-41-29-32(26-28-44(41)56-45(36)30-33)35-19-11-20-38-37-17-8-10-24-46(37)57-48(35)38;1-29(2)30(3,4)34-31(33-29)19-13-14-21-24-16-18(12-15-25(24)32-26(21)17-19)20-9-7-10-23-22-8-5-6-11-27(22)35-28(20)23;28-27-30-25(18-10-3-1-4-11-18)29-26(31-27)21-15-9-17-23-24(21)20-14-7-8-16-22(20)32(23)19-12-5-2-6-13-19/h1-30H;5-17H,1-4H3;1-17H. The molecule has 0 radical (unpaired) electrons. The van der Waals surface area contributed by atoms with Crippen molar-refractivity contribution in [2.75, 3.05) is 0 Å². The number of hydrogen-bond acceptors (Lipinski definition) is 12. The van der Waals surface area contributed by atoms with Crippen LogP contribution in [0.5, 0.6) is 0 Å². The number of halogens is 1. The van der Waals surface area contributed by atoms with Crippen LogP contribution in [0.25, 0.3) is 218 Å². The second-order valence-corrected chi connectivity index (χ2v) is 34.7. The maximum absolute atomic E-state index is 6.55. The largest absolute Gasteiger partial charge is 0.494 e. The van der Waals surface area contributed by atoms with Crippen molar-refractivity contribution in [2.45, 2.75) is 38.9 Å². The van der Waals surface area contributed by atoms with Crippen molar-refractivity contribution in [3.63, 3.8) is 0 Å². The van der Waals surface area contributed by atoms with Gasteiger partial charge in [0, 0.05) is 123 Å². The Morgan fingerprint density at radius 2 is 0.645 bits per heavy atom. The highest BCUT2D eigenvalue weighted by molar-refractivity contribution is 7.26. The Kier molecular flexibility index (Phi) is 18.0. The fraction of sp³-hybridized carbons (Fsp3) is 0.0556. The van der Waals surface area contributed by atoms with Crippen LogP contribution in [0, 0.1) is 0 Å². The number of nitrogens with zero attached hydrogens (tertiary/aromatic N) is 8. The number of fused-ring (bicyclic) bond motifs is 18. The number of furan rings is 2. The molecule has 24 aromatic rings. The summed E-state index contributed by atoms with van der Waals surface area (Å²) in [5.41, 5.74) is 19.7. The van der Waals surface area contributed by atoms with Gasteiger partial charge in [-0.1, -0.05) is 261 Å². The number of aromatic nitrogens is 8. The number of thiophene rings is 2. The molecule has 1 fully saturated rings. The van der Waals surface area contributed by atoms with Crippen LogP contribution < -0.4 is 5.46 Å².